The van der Waals surface area contributed by atoms with E-state index >= 15 is 0 Å². The summed E-state index contributed by atoms with van der Waals surface area (Å²) in [6, 6.07) is 0. The third-order valence-corrected chi connectivity index (χ3v) is 3.56. The van der Waals surface area contributed by atoms with Crippen LogP contribution in [-0.4, -0.2) is 54.6 Å². The molecular formula is C10H19N5. The number of piperidine rings is 1. The van der Waals surface area contributed by atoms with Crippen molar-refractivity contribution in [3.8, 4) is 0 Å². The van der Waals surface area contributed by atoms with Crippen LogP contribution in [0.2, 0.25) is 0 Å². The number of fused-ring (bicyclic) bond motifs is 1. The van der Waals surface area contributed by atoms with E-state index in [-0.39, 0.29) is 0 Å². The van der Waals surface area contributed by atoms with Gasteiger partial charge in [-0.05, 0) is 25.9 Å². The van der Waals surface area contributed by atoms with Gasteiger partial charge in [0.15, 0.2) is 0 Å². The minimum absolute atomic E-state index is 0.532. The summed E-state index contributed by atoms with van der Waals surface area (Å²) in [6.45, 7) is 5.39. The summed E-state index contributed by atoms with van der Waals surface area (Å²) in [7, 11) is 0. The minimum atomic E-state index is 0.532. The van der Waals surface area contributed by atoms with Gasteiger partial charge < -0.3 is 4.90 Å². The maximum absolute atomic E-state index is 4.25. The van der Waals surface area contributed by atoms with Crippen LogP contribution in [0, 0.1) is 0 Å². The Morgan fingerprint density at radius 3 is 2.93 bits per heavy atom. The van der Waals surface area contributed by atoms with E-state index in [4.69, 9.17) is 0 Å². The summed E-state index contributed by atoms with van der Waals surface area (Å²) >= 11 is 0. The molecule has 5 heteroatoms. The topological polar surface area (TPSA) is 42.9 Å². The van der Waals surface area contributed by atoms with Crippen molar-refractivity contribution in [2.24, 2.45) is 5.10 Å². The quantitative estimate of drug-likeness (QED) is 0.615. The lowest BCUT2D eigenvalue weighted by atomic mass is 10.1. The van der Waals surface area contributed by atoms with Gasteiger partial charge in [0.1, 0.15) is 12.5 Å². The molecule has 0 bridgehead atoms. The third-order valence-electron chi connectivity index (χ3n) is 3.56. The van der Waals surface area contributed by atoms with Crippen LogP contribution in [0.5, 0.6) is 0 Å². The van der Waals surface area contributed by atoms with Gasteiger partial charge in [-0.2, -0.15) is 5.10 Å². The van der Waals surface area contributed by atoms with Crippen molar-refractivity contribution >= 4 is 5.84 Å². The fourth-order valence-electron chi connectivity index (χ4n) is 2.65. The molecule has 2 N–H and O–H groups in total. The number of nitrogens with one attached hydrogen (secondary N) is 2. The highest BCUT2D eigenvalue weighted by molar-refractivity contribution is 5.85. The van der Waals surface area contributed by atoms with Crippen LogP contribution < -0.4 is 10.7 Å². The number of hydrazone groups is 1. The molecule has 1 atom stereocenters. The second kappa shape index (κ2) is 3.98. The third kappa shape index (κ3) is 1.81. The molecular weight excluding hydrogens is 190 g/mol. The number of rotatable bonds is 1. The molecule has 3 heterocycles. The number of nitrogens with zero attached hydrogens (tertiary/aromatic N) is 3. The van der Waals surface area contributed by atoms with Crippen molar-refractivity contribution < 1.29 is 0 Å². The molecule has 0 aromatic heterocycles. The van der Waals surface area contributed by atoms with E-state index in [9.17, 15) is 0 Å². The molecule has 0 aliphatic carbocycles. The van der Waals surface area contributed by atoms with E-state index in [1.54, 1.807) is 0 Å². The van der Waals surface area contributed by atoms with E-state index in [2.05, 4.69) is 25.6 Å². The lowest BCUT2D eigenvalue weighted by molar-refractivity contribution is 0.109. The van der Waals surface area contributed by atoms with Gasteiger partial charge in [-0.3, -0.25) is 15.6 Å². The molecule has 1 unspecified atom stereocenters. The number of piperazine rings is 1. The van der Waals surface area contributed by atoms with E-state index in [0.717, 1.165) is 19.8 Å². The fraction of sp³-hybridized carbons (Fsp3) is 0.900. The van der Waals surface area contributed by atoms with Crippen LogP contribution in [0.1, 0.15) is 19.3 Å². The first-order valence-corrected chi connectivity index (χ1v) is 5.95. The molecule has 2 fully saturated rings. The van der Waals surface area contributed by atoms with Crippen molar-refractivity contribution in [2.75, 3.05) is 32.8 Å². The van der Waals surface area contributed by atoms with Crippen LogP contribution >= 0.6 is 0 Å². The molecule has 0 aromatic rings. The zero-order valence-electron chi connectivity index (χ0n) is 9.08. The van der Waals surface area contributed by atoms with Crippen molar-refractivity contribution in [1.82, 2.24) is 20.5 Å². The number of hydrogen-bond donors (Lipinski definition) is 2. The Hall–Kier alpha value is -0.810. The van der Waals surface area contributed by atoms with Gasteiger partial charge in [0.25, 0.3) is 0 Å². The molecule has 0 radical (unpaired) electrons. The van der Waals surface area contributed by atoms with Crippen LogP contribution in [-0.2, 0) is 0 Å². The summed E-state index contributed by atoms with van der Waals surface area (Å²) in [4.78, 5) is 4.92. The summed E-state index contributed by atoms with van der Waals surface area (Å²) < 4.78 is 0. The van der Waals surface area contributed by atoms with E-state index in [1.165, 1.54) is 38.2 Å². The largest absolute Gasteiger partial charge is 0.336 e. The highest BCUT2D eigenvalue weighted by Crippen LogP contribution is 2.14. The zero-order valence-corrected chi connectivity index (χ0v) is 9.08. The first kappa shape index (κ1) is 9.42. The fourth-order valence-corrected chi connectivity index (χ4v) is 2.65. The van der Waals surface area contributed by atoms with Gasteiger partial charge in [0.2, 0.25) is 0 Å². The van der Waals surface area contributed by atoms with Crippen molar-refractivity contribution in [1.29, 1.82) is 0 Å². The summed E-state index contributed by atoms with van der Waals surface area (Å²) in [6.07, 6.45) is 4.65. The second-order valence-electron chi connectivity index (χ2n) is 4.56. The molecule has 5 nitrogen and oxygen atoms in total. The van der Waals surface area contributed by atoms with E-state index < -0.39 is 0 Å². The maximum Gasteiger partial charge on any atom is 0.140 e. The summed E-state index contributed by atoms with van der Waals surface area (Å²) in [5.74, 6) is 1.17. The predicted molar refractivity (Wildman–Crippen MR) is 59.4 cm³/mol. The Morgan fingerprint density at radius 1 is 1.20 bits per heavy atom. The van der Waals surface area contributed by atoms with Crippen LogP contribution in [0.15, 0.2) is 5.10 Å². The Morgan fingerprint density at radius 2 is 2.07 bits per heavy atom. The average molecular weight is 209 g/mol. The first-order chi connectivity index (χ1) is 7.43. The Kier molecular flexibility index (Phi) is 2.50. The minimum Gasteiger partial charge on any atom is -0.336 e. The molecule has 84 valence electrons. The van der Waals surface area contributed by atoms with Crippen LogP contribution in [0.25, 0.3) is 0 Å². The molecule has 3 aliphatic heterocycles. The summed E-state index contributed by atoms with van der Waals surface area (Å²) in [5.41, 5.74) is 3.04. The lowest BCUT2D eigenvalue weighted by Crippen LogP contribution is -2.60. The van der Waals surface area contributed by atoms with Crippen LogP contribution in [0.3, 0.4) is 0 Å². The lowest BCUT2D eigenvalue weighted by Gasteiger charge is -2.40. The monoisotopic (exact) mass is 209 g/mol. The van der Waals surface area contributed by atoms with Crippen molar-refractivity contribution in [3.05, 3.63) is 0 Å². The van der Waals surface area contributed by atoms with Crippen LogP contribution in [0.4, 0.5) is 0 Å². The first-order valence-electron chi connectivity index (χ1n) is 5.95. The summed E-state index contributed by atoms with van der Waals surface area (Å²) in [5, 5.41) is 7.82. The zero-order chi connectivity index (χ0) is 10.1. The molecule has 3 aliphatic rings. The van der Waals surface area contributed by atoms with Crippen molar-refractivity contribution in [2.45, 2.75) is 25.4 Å². The SMILES string of the molecule is C1CCN(C2CN3CNN=C3CN2)CC1. The molecule has 0 spiro atoms. The molecule has 0 saturated carbocycles. The second-order valence-corrected chi connectivity index (χ2v) is 4.56. The number of amidine groups is 1. The van der Waals surface area contributed by atoms with Crippen molar-refractivity contribution in [3.63, 3.8) is 0 Å². The highest BCUT2D eigenvalue weighted by atomic mass is 15.5. The average Bonchev–Trinajstić information content (AvgIpc) is 2.77. The standard InChI is InChI=1S/C10H19N5/c1-2-4-14(5-3-1)10-7-15-8-12-13-9(15)6-11-10/h10-12H,1-8H2. The molecule has 2 saturated heterocycles. The smallest absolute Gasteiger partial charge is 0.140 e. The van der Waals surface area contributed by atoms with E-state index in [0.29, 0.717) is 6.17 Å². The Bertz CT molecular complexity index is 259. The molecule has 0 aromatic carbocycles. The number of hydrogen-bond acceptors (Lipinski definition) is 5. The Balaban J connectivity index is 1.61. The van der Waals surface area contributed by atoms with Gasteiger partial charge in [-0.25, -0.2) is 0 Å². The van der Waals surface area contributed by atoms with Gasteiger partial charge in [0, 0.05) is 6.54 Å². The molecule has 3 rings (SSSR count). The molecule has 15 heavy (non-hydrogen) atoms. The predicted octanol–water partition coefficient (Wildman–Crippen LogP) is -0.422. The normalized spacial score (nSPS) is 32.1. The Labute approximate surface area is 90.5 Å². The number of likely N-dealkylation sites (tertiary alicyclic amines) is 1. The highest BCUT2D eigenvalue weighted by Gasteiger charge is 2.30. The maximum atomic E-state index is 4.25. The van der Waals surface area contributed by atoms with Gasteiger partial charge >= 0.3 is 0 Å². The van der Waals surface area contributed by atoms with Gasteiger partial charge in [-0.1, -0.05) is 6.42 Å². The molecule has 0 amide bonds. The van der Waals surface area contributed by atoms with Gasteiger partial charge in [0.05, 0.1) is 12.7 Å². The van der Waals surface area contributed by atoms with E-state index in [1.807, 2.05) is 0 Å². The van der Waals surface area contributed by atoms with Gasteiger partial charge in [-0.15, -0.1) is 0 Å².